The molecule has 5 nitrogen and oxygen atoms in total. The molecule has 0 aliphatic heterocycles. The number of aryl methyl sites for hydroxylation is 2. The molecule has 1 amide bonds. The van der Waals surface area contributed by atoms with Crippen LogP contribution in [0.15, 0.2) is 42.6 Å². The lowest BCUT2D eigenvalue weighted by atomic mass is 10.0. The number of aromatic nitrogens is 2. The Balaban J connectivity index is 1.39. The zero-order valence-corrected chi connectivity index (χ0v) is 16.2. The van der Waals surface area contributed by atoms with Crippen LogP contribution in [-0.4, -0.2) is 22.4 Å². The molecule has 1 aliphatic carbocycles. The number of rotatable bonds is 6. The second-order valence-corrected chi connectivity index (χ2v) is 7.89. The lowest BCUT2D eigenvalue weighted by Crippen LogP contribution is -2.26. The smallest absolute Gasteiger partial charge is 0.255 e. The van der Waals surface area contributed by atoms with Gasteiger partial charge in [-0.1, -0.05) is 6.07 Å². The van der Waals surface area contributed by atoms with Crippen LogP contribution in [0.4, 0.5) is 15.9 Å². The summed E-state index contributed by atoms with van der Waals surface area (Å²) in [5.74, 6) is -0.165. The molecule has 144 valence electrons. The zero-order valence-electron chi connectivity index (χ0n) is 15.4. The molecule has 4 rings (SSSR count). The SMILES string of the molecule is O=C(NCCc1nc2c(s1)CCCC2)c1cccnc1Nc1cccc(F)c1. The van der Waals surface area contributed by atoms with Crippen molar-refractivity contribution in [3.8, 4) is 0 Å². The minimum atomic E-state index is -0.349. The first-order chi connectivity index (χ1) is 13.7. The van der Waals surface area contributed by atoms with Crippen molar-refractivity contribution >= 4 is 28.7 Å². The maximum absolute atomic E-state index is 13.4. The van der Waals surface area contributed by atoms with Gasteiger partial charge in [0.2, 0.25) is 0 Å². The Hall–Kier alpha value is -2.80. The van der Waals surface area contributed by atoms with Crippen LogP contribution in [0.3, 0.4) is 0 Å². The van der Waals surface area contributed by atoms with Crippen molar-refractivity contribution in [2.24, 2.45) is 0 Å². The standard InChI is InChI=1S/C21H21FN4OS/c22-14-5-3-6-15(13-14)25-20-16(7-4-11-23-20)21(27)24-12-10-19-26-17-8-1-2-9-18(17)28-19/h3-7,11,13H,1-2,8-10,12H2,(H,23,25)(H,24,27). The Labute approximate surface area is 167 Å². The quantitative estimate of drug-likeness (QED) is 0.653. The van der Waals surface area contributed by atoms with Crippen LogP contribution in [0, 0.1) is 5.82 Å². The molecule has 1 aliphatic rings. The normalized spacial score (nSPS) is 13.0. The number of thiazole rings is 1. The second kappa shape index (κ2) is 8.48. The highest BCUT2D eigenvalue weighted by atomic mass is 32.1. The van der Waals surface area contributed by atoms with Crippen LogP contribution in [0.2, 0.25) is 0 Å². The average molecular weight is 396 g/mol. The molecule has 0 saturated heterocycles. The number of halogens is 1. The fraction of sp³-hybridized carbons (Fsp3) is 0.286. The van der Waals surface area contributed by atoms with Gasteiger partial charge in [0.15, 0.2) is 0 Å². The van der Waals surface area contributed by atoms with Crippen molar-refractivity contribution < 1.29 is 9.18 Å². The molecule has 0 bridgehead atoms. The molecule has 3 aromatic rings. The summed E-state index contributed by atoms with van der Waals surface area (Å²) in [5.41, 5.74) is 2.21. The average Bonchev–Trinajstić information content (AvgIpc) is 3.11. The number of carbonyl (C=O) groups is 1. The van der Waals surface area contributed by atoms with E-state index < -0.39 is 0 Å². The van der Waals surface area contributed by atoms with E-state index in [2.05, 4.69) is 15.6 Å². The monoisotopic (exact) mass is 396 g/mol. The number of pyridine rings is 1. The Bertz CT molecular complexity index is 965. The first-order valence-corrected chi connectivity index (χ1v) is 10.2. The Kier molecular flexibility index (Phi) is 5.62. The Morgan fingerprint density at radius 1 is 1.18 bits per heavy atom. The number of anilines is 2. The van der Waals surface area contributed by atoms with Crippen molar-refractivity contribution in [2.75, 3.05) is 11.9 Å². The molecule has 0 spiro atoms. The molecule has 0 radical (unpaired) electrons. The summed E-state index contributed by atoms with van der Waals surface area (Å²) in [7, 11) is 0. The maximum Gasteiger partial charge on any atom is 0.255 e. The maximum atomic E-state index is 13.4. The molecule has 7 heteroatoms. The number of hydrogen-bond donors (Lipinski definition) is 2. The minimum absolute atomic E-state index is 0.215. The van der Waals surface area contributed by atoms with Gasteiger partial charge in [0.05, 0.1) is 16.3 Å². The molecule has 0 saturated carbocycles. The number of nitrogens with one attached hydrogen (secondary N) is 2. The molecule has 2 heterocycles. The zero-order chi connectivity index (χ0) is 19.3. The molecule has 0 unspecified atom stereocenters. The van der Waals surface area contributed by atoms with Crippen LogP contribution < -0.4 is 10.6 Å². The first-order valence-electron chi connectivity index (χ1n) is 9.42. The molecule has 2 N–H and O–H groups in total. The molecule has 0 atom stereocenters. The number of fused-ring (bicyclic) bond motifs is 1. The van der Waals surface area contributed by atoms with Gasteiger partial charge in [0, 0.05) is 29.7 Å². The molecule has 0 fully saturated rings. The molecular formula is C21H21FN4OS. The van der Waals surface area contributed by atoms with Crippen LogP contribution >= 0.6 is 11.3 Å². The minimum Gasteiger partial charge on any atom is -0.351 e. The number of nitrogens with zero attached hydrogens (tertiary/aromatic N) is 2. The lowest BCUT2D eigenvalue weighted by Gasteiger charge is -2.11. The van der Waals surface area contributed by atoms with E-state index in [1.165, 1.54) is 35.5 Å². The van der Waals surface area contributed by atoms with Gasteiger partial charge in [-0.3, -0.25) is 4.79 Å². The van der Waals surface area contributed by atoms with Crippen LogP contribution in [0.1, 0.15) is 38.8 Å². The van der Waals surface area contributed by atoms with E-state index in [1.807, 2.05) is 0 Å². The second-order valence-electron chi connectivity index (χ2n) is 6.73. The van der Waals surface area contributed by atoms with E-state index in [0.717, 1.165) is 24.3 Å². The summed E-state index contributed by atoms with van der Waals surface area (Å²) >= 11 is 1.77. The summed E-state index contributed by atoms with van der Waals surface area (Å²) in [6.45, 7) is 0.513. The third kappa shape index (κ3) is 4.36. The van der Waals surface area contributed by atoms with Gasteiger partial charge in [-0.15, -0.1) is 11.3 Å². The van der Waals surface area contributed by atoms with Crippen molar-refractivity contribution in [3.05, 3.63) is 69.6 Å². The lowest BCUT2D eigenvalue weighted by molar-refractivity contribution is 0.0954. The summed E-state index contributed by atoms with van der Waals surface area (Å²) in [6.07, 6.45) is 6.98. The molecule has 28 heavy (non-hydrogen) atoms. The predicted octanol–water partition coefficient (Wildman–Crippen LogP) is 4.27. The van der Waals surface area contributed by atoms with E-state index in [-0.39, 0.29) is 11.7 Å². The molecule has 2 aromatic heterocycles. The fourth-order valence-corrected chi connectivity index (χ4v) is 4.44. The fourth-order valence-electron chi connectivity index (χ4n) is 3.28. The van der Waals surface area contributed by atoms with E-state index in [0.29, 0.717) is 23.6 Å². The topological polar surface area (TPSA) is 66.9 Å². The van der Waals surface area contributed by atoms with Crippen molar-refractivity contribution in [2.45, 2.75) is 32.1 Å². The van der Waals surface area contributed by atoms with Crippen LogP contribution in [0.25, 0.3) is 0 Å². The van der Waals surface area contributed by atoms with Gasteiger partial charge in [0.1, 0.15) is 11.6 Å². The van der Waals surface area contributed by atoms with Gasteiger partial charge < -0.3 is 10.6 Å². The summed E-state index contributed by atoms with van der Waals surface area (Å²) in [5, 5.41) is 7.03. The first kappa shape index (κ1) is 18.6. The Morgan fingerprint density at radius 3 is 2.93 bits per heavy atom. The van der Waals surface area contributed by atoms with Crippen molar-refractivity contribution in [3.63, 3.8) is 0 Å². The van der Waals surface area contributed by atoms with Crippen LogP contribution in [-0.2, 0) is 19.3 Å². The van der Waals surface area contributed by atoms with E-state index in [1.54, 1.807) is 41.8 Å². The van der Waals surface area contributed by atoms with Gasteiger partial charge in [-0.2, -0.15) is 0 Å². The third-order valence-electron chi connectivity index (χ3n) is 4.65. The highest BCUT2D eigenvalue weighted by Gasteiger charge is 2.16. The number of amides is 1. The van der Waals surface area contributed by atoms with Crippen molar-refractivity contribution in [1.82, 2.24) is 15.3 Å². The Morgan fingerprint density at radius 2 is 2.07 bits per heavy atom. The van der Waals surface area contributed by atoms with Crippen molar-refractivity contribution in [1.29, 1.82) is 0 Å². The van der Waals surface area contributed by atoms with Gasteiger partial charge in [0.25, 0.3) is 5.91 Å². The number of carbonyl (C=O) groups excluding carboxylic acids is 1. The highest BCUT2D eigenvalue weighted by Crippen LogP contribution is 2.26. The largest absolute Gasteiger partial charge is 0.351 e. The molecule has 1 aromatic carbocycles. The third-order valence-corrected chi connectivity index (χ3v) is 5.87. The van der Waals surface area contributed by atoms with Crippen LogP contribution in [0.5, 0.6) is 0 Å². The van der Waals surface area contributed by atoms with E-state index in [4.69, 9.17) is 4.98 Å². The van der Waals surface area contributed by atoms with Gasteiger partial charge in [-0.25, -0.2) is 14.4 Å². The van der Waals surface area contributed by atoms with E-state index >= 15 is 0 Å². The summed E-state index contributed by atoms with van der Waals surface area (Å²) < 4.78 is 13.4. The number of hydrogen-bond acceptors (Lipinski definition) is 5. The predicted molar refractivity (Wildman–Crippen MR) is 109 cm³/mol. The molecular weight excluding hydrogens is 375 g/mol. The van der Waals surface area contributed by atoms with E-state index in [9.17, 15) is 9.18 Å². The van der Waals surface area contributed by atoms with Gasteiger partial charge in [-0.05, 0) is 56.0 Å². The van der Waals surface area contributed by atoms with Gasteiger partial charge >= 0.3 is 0 Å². The summed E-state index contributed by atoms with van der Waals surface area (Å²) in [4.78, 5) is 23.0. The highest BCUT2D eigenvalue weighted by molar-refractivity contribution is 7.11. The summed E-state index contributed by atoms with van der Waals surface area (Å²) in [6, 6.07) is 9.47. The number of benzene rings is 1.